The first-order valence-electron chi connectivity index (χ1n) is 7.49. The molecule has 0 heterocycles. The minimum Gasteiger partial charge on any atom is -0.452 e. The molecule has 1 aliphatic rings. The van der Waals surface area contributed by atoms with Gasteiger partial charge in [-0.2, -0.15) is 0 Å². The standard InChI is InChI=1S/C16H21ClN2O3/c1-10-4-2-3-5-14(10)19-15(20)9-22-16(21)11-6-7-12(17)13(18)8-11/h6-8,10,14H,2-5,9,18H2,1H3,(H,19,20)/t10-,14-/m0/s1. The second-order valence-electron chi connectivity index (χ2n) is 5.75. The van der Waals surface area contributed by atoms with Gasteiger partial charge in [-0.1, -0.05) is 31.4 Å². The van der Waals surface area contributed by atoms with Crippen LogP contribution in [-0.2, 0) is 9.53 Å². The average Bonchev–Trinajstić information content (AvgIpc) is 2.50. The third-order valence-electron chi connectivity index (χ3n) is 4.02. The molecule has 6 heteroatoms. The normalized spacial score (nSPS) is 21.2. The Morgan fingerprint density at radius 1 is 1.36 bits per heavy atom. The van der Waals surface area contributed by atoms with Gasteiger partial charge >= 0.3 is 5.97 Å². The highest BCUT2D eigenvalue weighted by molar-refractivity contribution is 6.33. The van der Waals surface area contributed by atoms with Gasteiger partial charge in [0.2, 0.25) is 0 Å². The van der Waals surface area contributed by atoms with Gasteiger partial charge < -0.3 is 15.8 Å². The molecule has 0 spiro atoms. The summed E-state index contributed by atoms with van der Waals surface area (Å²) in [6.45, 7) is 1.84. The van der Waals surface area contributed by atoms with E-state index >= 15 is 0 Å². The molecule has 0 bridgehead atoms. The van der Waals surface area contributed by atoms with Crippen LogP contribution in [0.4, 0.5) is 5.69 Å². The molecule has 0 radical (unpaired) electrons. The van der Waals surface area contributed by atoms with Gasteiger partial charge in [0.1, 0.15) is 0 Å². The van der Waals surface area contributed by atoms with E-state index in [9.17, 15) is 9.59 Å². The maximum atomic E-state index is 11.9. The van der Waals surface area contributed by atoms with Crippen molar-refractivity contribution in [3.8, 4) is 0 Å². The second-order valence-corrected chi connectivity index (χ2v) is 6.16. The lowest BCUT2D eigenvalue weighted by atomic mass is 9.86. The maximum absolute atomic E-state index is 11.9. The van der Waals surface area contributed by atoms with Gasteiger partial charge in [-0.3, -0.25) is 4.79 Å². The number of anilines is 1. The van der Waals surface area contributed by atoms with Crippen LogP contribution >= 0.6 is 11.6 Å². The Labute approximate surface area is 135 Å². The van der Waals surface area contributed by atoms with Gasteiger partial charge in [0.15, 0.2) is 6.61 Å². The summed E-state index contributed by atoms with van der Waals surface area (Å²) in [5.41, 5.74) is 6.22. The van der Waals surface area contributed by atoms with Crippen LogP contribution in [0.5, 0.6) is 0 Å². The highest BCUT2D eigenvalue weighted by Crippen LogP contribution is 2.23. The predicted molar refractivity (Wildman–Crippen MR) is 85.7 cm³/mol. The molecule has 1 aromatic carbocycles. The van der Waals surface area contributed by atoms with E-state index in [0.29, 0.717) is 16.6 Å². The number of rotatable bonds is 4. The van der Waals surface area contributed by atoms with Crippen molar-refractivity contribution >= 4 is 29.2 Å². The number of carbonyl (C=O) groups excluding carboxylic acids is 2. The first kappa shape index (κ1) is 16.6. The van der Waals surface area contributed by atoms with Gasteiger partial charge in [-0.25, -0.2) is 4.79 Å². The Morgan fingerprint density at radius 2 is 2.09 bits per heavy atom. The van der Waals surface area contributed by atoms with Crippen molar-refractivity contribution in [3.63, 3.8) is 0 Å². The van der Waals surface area contributed by atoms with E-state index < -0.39 is 5.97 Å². The van der Waals surface area contributed by atoms with E-state index in [4.69, 9.17) is 22.1 Å². The van der Waals surface area contributed by atoms with Crippen LogP contribution in [-0.4, -0.2) is 24.5 Å². The van der Waals surface area contributed by atoms with Crippen molar-refractivity contribution in [2.24, 2.45) is 5.92 Å². The van der Waals surface area contributed by atoms with Gasteiger partial charge in [0.05, 0.1) is 16.3 Å². The Kier molecular flexibility index (Phi) is 5.66. The summed E-state index contributed by atoms with van der Waals surface area (Å²) in [6.07, 6.45) is 4.43. The molecule has 1 saturated carbocycles. The Hall–Kier alpha value is -1.75. The molecule has 0 aliphatic heterocycles. The first-order valence-corrected chi connectivity index (χ1v) is 7.86. The molecule has 2 rings (SSSR count). The van der Waals surface area contributed by atoms with Crippen molar-refractivity contribution < 1.29 is 14.3 Å². The highest BCUT2D eigenvalue weighted by Gasteiger charge is 2.23. The molecule has 22 heavy (non-hydrogen) atoms. The van der Waals surface area contributed by atoms with Crippen LogP contribution in [0.2, 0.25) is 5.02 Å². The number of halogens is 1. The fourth-order valence-electron chi connectivity index (χ4n) is 2.66. The van der Waals surface area contributed by atoms with E-state index in [2.05, 4.69) is 12.2 Å². The largest absolute Gasteiger partial charge is 0.452 e. The monoisotopic (exact) mass is 324 g/mol. The number of carbonyl (C=O) groups is 2. The molecule has 1 aromatic rings. The highest BCUT2D eigenvalue weighted by atomic mass is 35.5. The predicted octanol–water partition coefficient (Wildman–Crippen LogP) is 2.77. The topological polar surface area (TPSA) is 81.4 Å². The molecule has 0 aromatic heterocycles. The molecule has 0 unspecified atom stereocenters. The minimum atomic E-state index is -0.588. The zero-order valence-corrected chi connectivity index (χ0v) is 13.4. The number of benzene rings is 1. The number of amides is 1. The van der Waals surface area contributed by atoms with E-state index in [1.54, 1.807) is 0 Å². The van der Waals surface area contributed by atoms with Gasteiger partial charge in [-0.05, 0) is 37.0 Å². The third kappa shape index (κ3) is 4.37. The summed E-state index contributed by atoms with van der Waals surface area (Å²) in [7, 11) is 0. The lowest BCUT2D eigenvalue weighted by molar-refractivity contribution is -0.125. The third-order valence-corrected chi connectivity index (χ3v) is 4.37. The number of nitrogens with two attached hydrogens (primary N) is 1. The number of nitrogen functional groups attached to an aromatic ring is 1. The van der Waals surface area contributed by atoms with Crippen LogP contribution < -0.4 is 11.1 Å². The molecule has 5 nitrogen and oxygen atoms in total. The minimum absolute atomic E-state index is 0.172. The number of nitrogens with one attached hydrogen (secondary N) is 1. The van der Waals surface area contributed by atoms with E-state index in [1.807, 2.05) is 0 Å². The summed E-state index contributed by atoms with van der Waals surface area (Å²) < 4.78 is 5.01. The smallest absolute Gasteiger partial charge is 0.338 e. The van der Waals surface area contributed by atoms with Crippen LogP contribution in [0.15, 0.2) is 18.2 Å². The fraction of sp³-hybridized carbons (Fsp3) is 0.500. The lowest BCUT2D eigenvalue weighted by Crippen LogP contribution is -2.42. The Balaban J connectivity index is 1.82. The zero-order chi connectivity index (χ0) is 16.1. The SMILES string of the molecule is C[C@H]1CCCC[C@@H]1NC(=O)COC(=O)c1ccc(Cl)c(N)c1. The van der Waals surface area contributed by atoms with E-state index in [1.165, 1.54) is 24.6 Å². The maximum Gasteiger partial charge on any atom is 0.338 e. The van der Waals surface area contributed by atoms with E-state index in [0.717, 1.165) is 19.3 Å². The number of hydrogen-bond donors (Lipinski definition) is 2. The molecular formula is C16H21ClN2O3. The number of esters is 1. The number of hydrogen-bond acceptors (Lipinski definition) is 4. The molecule has 1 fully saturated rings. The van der Waals surface area contributed by atoms with Crippen molar-refractivity contribution in [1.29, 1.82) is 0 Å². The van der Waals surface area contributed by atoms with Crippen LogP contribution in [0.25, 0.3) is 0 Å². The van der Waals surface area contributed by atoms with E-state index in [-0.39, 0.29) is 24.1 Å². The summed E-state index contributed by atoms with van der Waals surface area (Å²) in [4.78, 5) is 23.7. The molecule has 3 N–H and O–H groups in total. The molecule has 1 amide bonds. The van der Waals surface area contributed by atoms with Gasteiger partial charge in [-0.15, -0.1) is 0 Å². The summed E-state index contributed by atoms with van der Waals surface area (Å²) in [5.74, 6) is -0.395. The van der Waals surface area contributed by atoms with Crippen molar-refractivity contribution in [3.05, 3.63) is 28.8 Å². The van der Waals surface area contributed by atoms with Crippen molar-refractivity contribution in [1.82, 2.24) is 5.32 Å². The molecule has 0 saturated heterocycles. The molecular weight excluding hydrogens is 304 g/mol. The number of ether oxygens (including phenoxy) is 1. The summed E-state index contributed by atoms with van der Waals surface area (Å²) in [5, 5.41) is 3.31. The average molecular weight is 325 g/mol. The van der Waals surface area contributed by atoms with Crippen LogP contribution in [0, 0.1) is 5.92 Å². The van der Waals surface area contributed by atoms with Crippen molar-refractivity contribution in [2.75, 3.05) is 12.3 Å². The first-order chi connectivity index (χ1) is 10.5. The zero-order valence-electron chi connectivity index (χ0n) is 12.6. The summed E-state index contributed by atoms with van der Waals surface area (Å²) in [6, 6.07) is 4.65. The Bertz CT molecular complexity index is 562. The lowest BCUT2D eigenvalue weighted by Gasteiger charge is -2.29. The van der Waals surface area contributed by atoms with Crippen LogP contribution in [0.1, 0.15) is 43.0 Å². The molecule has 1 aliphatic carbocycles. The van der Waals surface area contributed by atoms with Crippen LogP contribution in [0.3, 0.4) is 0 Å². The molecule has 120 valence electrons. The summed E-state index contributed by atoms with van der Waals surface area (Å²) >= 11 is 5.79. The Morgan fingerprint density at radius 3 is 2.77 bits per heavy atom. The second kappa shape index (κ2) is 7.49. The van der Waals surface area contributed by atoms with Gasteiger partial charge in [0.25, 0.3) is 5.91 Å². The fourth-order valence-corrected chi connectivity index (χ4v) is 2.78. The van der Waals surface area contributed by atoms with Crippen molar-refractivity contribution in [2.45, 2.75) is 38.6 Å². The van der Waals surface area contributed by atoms with Gasteiger partial charge in [0, 0.05) is 6.04 Å². The quantitative estimate of drug-likeness (QED) is 0.659. The molecule has 2 atom stereocenters.